The summed E-state index contributed by atoms with van der Waals surface area (Å²) < 4.78 is 0. The second-order valence-corrected chi connectivity index (χ2v) is 4.60. The SMILES string of the molecule is CC1CCc2ccccc2C1Br. The molecule has 12 heavy (non-hydrogen) atoms. The van der Waals surface area contributed by atoms with E-state index in [1.54, 1.807) is 0 Å². The van der Waals surface area contributed by atoms with Crippen molar-refractivity contribution in [1.82, 2.24) is 0 Å². The van der Waals surface area contributed by atoms with Gasteiger partial charge in [0, 0.05) is 4.83 Å². The zero-order chi connectivity index (χ0) is 8.55. The van der Waals surface area contributed by atoms with Crippen LogP contribution in [0.4, 0.5) is 0 Å². The second kappa shape index (κ2) is 3.21. The van der Waals surface area contributed by atoms with Gasteiger partial charge in [-0.15, -0.1) is 0 Å². The first-order chi connectivity index (χ1) is 5.79. The van der Waals surface area contributed by atoms with E-state index in [0.717, 1.165) is 5.92 Å². The lowest BCUT2D eigenvalue weighted by Gasteiger charge is -2.26. The molecule has 1 aliphatic carbocycles. The normalized spacial score (nSPS) is 28.2. The molecule has 0 aromatic heterocycles. The van der Waals surface area contributed by atoms with Gasteiger partial charge in [-0.2, -0.15) is 0 Å². The third-order valence-electron chi connectivity index (χ3n) is 2.72. The van der Waals surface area contributed by atoms with Crippen molar-refractivity contribution in [3.05, 3.63) is 35.4 Å². The Bertz CT molecular complexity index is 280. The number of hydrogen-bond acceptors (Lipinski definition) is 0. The second-order valence-electron chi connectivity index (χ2n) is 3.62. The van der Waals surface area contributed by atoms with E-state index in [4.69, 9.17) is 0 Å². The van der Waals surface area contributed by atoms with Crippen molar-refractivity contribution in [2.45, 2.75) is 24.6 Å². The molecule has 0 nitrogen and oxygen atoms in total. The van der Waals surface area contributed by atoms with E-state index < -0.39 is 0 Å². The van der Waals surface area contributed by atoms with Gasteiger partial charge >= 0.3 is 0 Å². The number of rotatable bonds is 0. The van der Waals surface area contributed by atoms with Gasteiger partial charge in [-0.05, 0) is 29.9 Å². The van der Waals surface area contributed by atoms with Crippen LogP contribution < -0.4 is 0 Å². The fraction of sp³-hybridized carbons (Fsp3) is 0.455. The topological polar surface area (TPSA) is 0 Å². The molecular weight excluding hydrogens is 212 g/mol. The number of alkyl halides is 1. The molecule has 1 heteroatoms. The fourth-order valence-electron chi connectivity index (χ4n) is 1.87. The summed E-state index contributed by atoms with van der Waals surface area (Å²) in [5.74, 6) is 0.778. The number of aryl methyl sites for hydroxylation is 1. The van der Waals surface area contributed by atoms with E-state index in [-0.39, 0.29) is 0 Å². The summed E-state index contributed by atoms with van der Waals surface area (Å²) in [7, 11) is 0. The van der Waals surface area contributed by atoms with Gasteiger partial charge in [-0.3, -0.25) is 0 Å². The summed E-state index contributed by atoms with van der Waals surface area (Å²) in [6.07, 6.45) is 2.56. The molecule has 2 atom stereocenters. The average Bonchev–Trinajstić information content (AvgIpc) is 2.12. The Kier molecular flexibility index (Phi) is 2.22. The van der Waals surface area contributed by atoms with Crippen LogP contribution in [0, 0.1) is 5.92 Å². The summed E-state index contributed by atoms with van der Waals surface area (Å²) in [5, 5.41) is 0. The third kappa shape index (κ3) is 1.31. The Balaban J connectivity index is 2.42. The van der Waals surface area contributed by atoms with Crippen molar-refractivity contribution in [3.8, 4) is 0 Å². The quantitative estimate of drug-likeness (QED) is 0.590. The summed E-state index contributed by atoms with van der Waals surface area (Å²) in [5.41, 5.74) is 3.02. The van der Waals surface area contributed by atoms with E-state index in [2.05, 4.69) is 47.1 Å². The third-order valence-corrected chi connectivity index (χ3v) is 4.12. The van der Waals surface area contributed by atoms with Crippen molar-refractivity contribution in [3.63, 3.8) is 0 Å². The van der Waals surface area contributed by atoms with Gasteiger partial charge in [-0.1, -0.05) is 47.1 Å². The first kappa shape index (κ1) is 8.31. The minimum Gasteiger partial charge on any atom is -0.0836 e. The van der Waals surface area contributed by atoms with Crippen molar-refractivity contribution in [2.75, 3.05) is 0 Å². The summed E-state index contributed by atoms with van der Waals surface area (Å²) >= 11 is 3.75. The van der Waals surface area contributed by atoms with Crippen LogP contribution in [0.15, 0.2) is 24.3 Å². The van der Waals surface area contributed by atoms with Crippen LogP contribution in [0.2, 0.25) is 0 Å². The molecule has 64 valence electrons. The van der Waals surface area contributed by atoms with Gasteiger partial charge in [0.1, 0.15) is 0 Å². The molecule has 0 bridgehead atoms. The van der Waals surface area contributed by atoms with Crippen molar-refractivity contribution < 1.29 is 0 Å². The first-order valence-electron chi connectivity index (χ1n) is 4.51. The standard InChI is InChI=1S/C11H13Br/c1-8-6-7-9-4-2-3-5-10(9)11(8)12/h2-5,8,11H,6-7H2,1H3. The molecule has 1 aromatic carbocycles. The summed E-state index contributed by atoms with van der Waals surface area (Å²) in [4.78, 5) is 0.572. The number of hydrogen-bond donors (Lipinski definition) is 0. The molecule has 0 amide bonds. The molecule has 0 fully saturated rings. The maximum absolute atomic E-state index is 3.75. The average molecular weight is 225 g/mol. The molecule has 0 N–H and O–H groups in total. The van der Waals surface area contributed by atoms with E-state index in [9.17, 15) is 0 Å². The summed E-state index contributed by atoms with van der Waals surface area (Å²) in [6, 6.07) is 8.75. The molecule has 1 aliphatic rings. The maximum Gasteiger partial charge on any atom is 0.0423 e. The van der Waals surface area contributed by atoms with E-state index in [1.165, 1.54) is 24.0 Å². The molecular formula is C11H13Br. The molecule has 0 saturated carbocycles. The molecule has 2 unspecified atom stereocenters. The highest BCUT2D eigenvalue weighted by molar-refractivity contribution is 9.09. The highest BCUT2D eigenvalue weighted by Crippen LogP contribution is 2.39. The monoisotopic (exact) mass is 224 g/mol. The van der Waals surface area contributed by atoms with Gasteiger partial charge in [0.05, 0.1) is 0 Å². The van der Waals surface area contributed by atoms with Crippen molar-refractivity contribution in [1.29, 1.82) is 0 Å². The zero-order valence-corrected chi connectivity index (χ0v) is 8.84. The van der Waals surface area contributed by atoms with Crippen LogP contribution in [0.1, 0.15) is 29.3 Å². The first-order valence-corrected chi connectivity index (χ1v) is 5.42. The molecule has 0 radical (unpaired) electrons. The Morgan fingerprint density at radius 1 is 1.33 bits per heavy atom. The van der Waals surface area contributed by atoms with Gasteiger partial charge in [0.15, 0.2) is 0 Å². The molecule has 0 aliphatic heterocycles. The minimum absolute atomic E-state index is 0.572. The Labute approximate surface area is 82.1 Å². The number of fused-ring (bicyclic) bond motifs is 1. The number of benzene rings is 1. The van der Waals surface area contributed by atoms with Crippen LogP contribution >= 0.6 is 15.9 Å². The van der Waals surface area contributed by atoms with E-state index in [0.29, 0.717) is 4.83 Å². The van der Waals surface area contributed by atoms with Gasteiger partial charge in [-0.25, -0.2) is 0 Å². The highest BCUT2D eigenvalue weighted by Gasteiger charge is 2.23. The molecule has 1 aromatic rings. The Morgan fingerprint density at radius 3 is 2.92 bits per heavy atom. The molecule has 2 rings (SSSR count). The highest BCUT2D eigenvalue weighted by atomic mass is 79.9. The number of halogens is 1. The van der Waals surface area contributed by atoms with Gasteiger partial charge < -0.3 is 0 Å². The van der Waals surface area contributed by atoms with E-state index >= 15 is 0 Å². The molecule has 0 spiro atoms. The minimum atomic E-state index is 0.572. The zero-order valence-electron chi connectivity index (χ0n) is 7.26. The van der Waals surface area contributed by atoms with E-state index in [1.807, 2.05) is 0 Å². The summed E-state index contributed by atoms with van der Waals surface area (Å²) in [6.45, 7) is 2.31. The van der Waals surface area contributed by atoms with Crippen LogP contribution in [-0.4, -0.2) is 0 Å². The lowest BCUT2D eigenvalue weighted by atomic mass is 9.85. The van der Waals surface area contributed by atoms with Crippen LogP contribution in [0.5, 0.6) is 0 Å². The lowest BCUT2D eigenvalue weighted by molar-refractivity contribution is 0.497. The molecule has 0 heterocycles. The van der Waals surface area contributed by atoms with Crippen molar-refractivity contribution >= 4 is 15.9 Å². The Morgan fingerprint density at radius 2 is 2.08 bits per heavy atom. The van der Waals surface area contributed by atoms with Crippen LogP contribution in [-0.2, 0) is 6.42 Å². The Hall–Kier alpha value is -0.300. The van der Waals surface area contributed by atoms with Crippen LogP contribution in [0.25, 0.3) is 0 Å². The van der Waals surface area contributed by atoms with Crippen molar-refractivity contribution in [2.24, 2.45) is 5.92 Å². The maximum atomic E-state index is 3.75. The largest absolute Gasteiger partial charge is 0.0836 e. The van der Waals surface area contributed by atoms with Gasteiger partial charge in [0.25, 0.3) is 0 Å². The smallest absolute Gasteiger partial charge is 0.0423 e. The fourth-order valence-corrected chi connectivity index (χ4v) is 2.58. The van der Waals surface area contributed by atoms with Crippen LogP contribution in [0.3, 0.4) is 0 Å². The molecule has 0 saturated heterocycles. The van der Waals surface area contributed by atoms with Gasteiger partial charge in [0.2, 0.25) is 0 Å². The lowest BCUT2D eigenvalue weighted by Crippen LogP contribution is -2.13. The predicted molar refractivity (Wildman–Crippen MR) is 55.6 cm³/mol. The predicted octanol–water partition coefficient (Wildman–Crippen LogP) is 3.70.